The lowest BCUT2D eigenvalue weighted by atomic mass is 10.1. The van der Waals surface area contributed by atoms with E-state index < -0.39 is 11.7 Å². The van der Waals surface area contributed by atoms with Crippen LogP contribution < -0.4 is 10.1 Å². The van der Waals surface area contributed by atoms with Gasteiger partial charge in [0.15, 0.2) is 0 Å². The number of amides is 1. The Balaban J connectivity index is 2.87. The zero-order valence-corrected chi connectivity index (χ0v) is 11.1. The maximum Gasteiger partial charge on any atom is 0.412 e. The second kappa shape index (κ2) is 5.73. The number of hydrogen-bond donors (Lipinski definition) is 2. The van der Waals surface area contributed by atoms with E-state index in [2.05, 4.69) is 5.32 Å². The van der Waals surface area contributed by atoms with Crippen molar-refractivity contribution < 1.29 is 19.4 Å². The zero-order chi connectivity index (χ0) is 13.8. The predicted octanol–water partition coefficient (Wildman–Crippen LogP) is 2.53. The molecule has 1 rings (SSSR count). The molecule has 1 aromatic carbocycles. The van der Waals surface area contributed by atoms with Gasteiger partial charge in [0, 0.05) is 5.56 Å². The van der Waals surface area contributed by atoms with E-state index in [1.165, 1.54) is 7.11 Å². The summed E-state index contributed by atoms with van der Waals surface area (Å²) in [5.74, 6) is 0.519. The Morgan fingerprint density at radius 2 is 2.06 bits per heavy atom. The highest BCUT2D eigenvalue weighted by molar-refractivity contribution is 5.86. The molecule has 5 nitrogen and oxygen atoms in total. The Hall–Kier alpha value is -1.75. The topological polar surface area (TPSA) is 67.8 Å². The van der Waals surface area contributed by atoms with Crippen LogP contribution in [0.3, 0.4) is 0 Å². The number of anilines is 1. The molecule has 0 radical (unpaired) electrons. The van der Waals surface area contributed by atoms with Crippen LogP contribution in [0.1, 0.15) is 26.3 Å². The van der Waals surface area contributed by atoms with Crippen LogP contribution in [0.25, 0.3) is 0 Å². The van der Waals surface area contributed by atoms with E-state index in [4.69, 9.17) is 9.47 Å². The molecule has 5 heteroatoms. The molecule has 0 aliphatic carbocycles. The molecule has 0 saturated heterocycles. The summed E-state index contributed by atoms with van der Waals surface area (Å²) in [6, 6.07) is 5.12. The SMILES string of the molecule is COc1cccc(NC(=O)OC(C)(C)C)c1CO. The van der Waals surface area contributed by atoms with Crippen LogP contribution in [0, 0.1) is 0 Å². The Labute approximate surface area is 107 Å². The first-order chi connectivity index (χ1) is 8.37. The Morgan fingerprint density at radius 1 is 1.39 bits per heavy atom. The van der Waals surface area contributed by atoms with Gasteiger partial charge in [0.05, 0.1) is 19.4 Å². The molecule has 0 saturated carbocycles. The Morgan fingerprint density at radius 3 is 2.56 bits per heavy atom. The van der Waals surface area contributed by atoms with Gasteiger partial charge in [-0.3, -0.25) is 5.32 Å². The van der Waals surface area contributed by atoms with Crippen LogP contribution in [0.4, 0.5) is 10.5 Å². The number of aliphatic hydroxyl groups excluding tert-OH is 1. The number of carbonyl (C=O) groups excluding carboxylic acids is 1. The fourth-order valence-corrected chi connectivity index (χ4v) is 1.45. The molecular weight excluding hydrogens is 234 g/mol. The highest BCUT2D eigenvalue weighted by atomic mass is 16.6. The van der Waals surface area contributed by atoms with E-state index in [1.54, 1.807) is 39.0 Å². The minimum absolute atomic E-state index is 0.227. The second-order valence-electron chi connectivity index (χ2n) is 4.77. The lowest BCUT2D eigenvalue weighted by Crippen LogP contribution is -2.27. The molecule has 0 atom stereocenters. The quantitative estimate of drug-likeness (QED) is 0.868. The van der Waals surface area contributed by atoms with Crippen molar-refractivity contribution in [2.45, 2.75) is 33.0 Å². The maximum atomic E-state index is 11.6. The number of ether oxygens (including phenoxy) is 2. The van der Waals surface area contributed by atoms with Crippen molar-refractivity contribution in [3.63, 3.8) is 0 Å². The molecule has 1 amide bonds. The van der Waals surface area contributed by atoms with Gasteiger partial charge in [-0.1, -0.05) is 6.07 Å². The van der Waals surface area contributed by atoms with Gasteiger partial charge in [-0.25, -0.2) is 4.79 Å². The summed E-state index contributed by atoms with van der Waals surface area (Å²) < 4.78 is 10.2. The van der Waals surface area contributed by atoms with Crippen LogP contribution in [0.15, 0.2) is 18.2 Å². The third kappa shape index (κ3) is 3.92. The standard InChI is InChI=1S/C13H19NO4/c1-13(2,3)18-12(16)14-10-6-5-7-11(17-4)9(10)8-15/h5-7,15H,8H2,1-4H3,(H,14,16). The summed E-state index contributed by atoms with van der Waals surface area (Å²) in [5, 5.41) is 11.9. The van der Waals surface area contributed by atoms with E-state index in [1.807, 2.05) is 0 Å². The Kier molecular flexibility index (Phi) is 4.55. The van der Waals surface area contributed by atoms with Crippen molar-refractivity contribution in [3.05, 3.63) is 23.8 Å². The minimum Gasteiger partial charge on any atom is -0.496 e. The van der Waals surface area contributed by atoms with Crippen LogP contribution >= 0.6 is 0 Å². The van der Waals surface area contributed by atoms with Gasteiger partial charge in [-0.2, -0.15) is 0 Å². The molecular formula is C13H19NO4. The van der Waals surface area contributed by atoms with Crippen molar-refractivity contribution in [2.75, 3.05) is 12.4 Å². The lowest BCUT2D eigenvalue weighted by molar-refractivity contribution is 0.0635. The molecule has 0 aliphatic heterocycles. The van der Waals surface area contributed by atoms with Crippen molar-refractivity contribution in [1.82, 2.24) is 0 Å². The van der Waals surface area contributed by atoms with Crippen LogP contribution in [-0.4, -0.2) is 23.9 Å². The van der Waals surface area contributed by atoms with Crippen molar-refractivity contribution in [2.24, 2.45) is 0 Å². The maximum absolute atomic E-state index is 11.6. The van der Waals surface area contributed by atoms with Crippen LogP contribution in [0.2, 0.25) is 0 Å². The predicted molar refractivity (Wildman–Crippen MR) is 68.8 cm³/mol. The molecule has 0 spiro atoms. The van der Waals surface area contributed by atoms with Gasteiger partial charge in [0.1, 0.15) is 11.4 Å². The largest absolute Gasteiger partial charge is 0.496 e. The van der Waals surface area contributed by atoms with Gasteiger partial charge < -0.3 is 14.6 Å². The fourth-order valence-electron chi connectivity index (χ4n) is 1.45. The number of rotatable bonds is 3. The first kappa shape index (κ1) is 14.3. The number of nitrogens with one attached hydrogen (secondary N) is 1. The zero-order valence-electron chi connectivity index (χ0n) is 11.1. The minimum atomic E-state index is -0.567. The number of benzene rings is 1. The third-order valence-corrected chi connectivity index (χ3v) is 2.15. The molecule has 0 aromatic heterocycles. The monoisotopic (exact) mass is 253 g/mol. The van der Waals surface area contributed by atoms with E-state index in [9.17, 15) is 9.90 Å². The van der Waals surface area contributed by atoms with Gasteiger partial charge >= 0.3 is 6.09 Å². The summed E-state index contributed by atoms with van der Waals surface area (Å²) >= 11 is 0. The molecule has 100 valence electrons. The second-order valence-corrected chi connectivity index (χ2v) is 4.77. The summed E-state index contributed by atoms with van der Waals surface area (Å²) in [5.41, 5.74) is 0.430. The average Bonchev–Trinajstić information content (AvgIpc) is 2.25. The average molecular weight is 253 g/mol. The Bertz CT molecular complexity index is 423. The van der Waals surface area contributed by atoms with E-state index in [-0.39, 0.29) is 6.61 Å². The van der Waals surface area contributed by atoms with E-state index in [0.29, 0.717) is 17.0 Å². The smallest absolute Gasteiger partial charge is 0.412 e. The van der Waals surface area contributed by atoms with Gasteiger partial charge in [0.25, 0.3) is 0 Å². The molecule has 0 fully saturated rings. The van der Waals surface area contributed by atoms with Gasteiger partial charge in [-0.05, 0) is 32.9 Å². The van der Waals surface area contributed by atoms with Crippen LogP contribution in [0.5, 0.6) is 5.75 Å². The normalized spacial score (nSPS) is 10.9. The number of carbonyl (C=O) groups is 1. The summed E-state index contributed by atoms with van der Waals surface area (Å²) in [4.78, 5) is 11.6. The fraction of sp³-hybridized carbons (Fsp3) is 0.462. The summed E-state index contributed by atoms with van der Waals surface area (Å²) in [6.07, 6.45) is -0.564. The molecule has 2 N–H and O–H groups in total. The first-order valence-electron chi connectivity index (χ1n) is 5.64. The summed E-state index contributed by atoms with van der Waals surface area (Å²) in [7, 11) is 1.51. The van der Waals surface area contributed by atoms with Crippen molar-refractivity contribution in [3.8, 4) is 5.75 Å². The first-order valence-corrected chi connectivity index (χ1v) is 5.64. The van der Waals surface area contributed by atoms with E-state index >= 15 is 0 Å². The number of methoxy groups -OCH3 is 1. The van der Waals surface area contributed by atoms with Crippen molar-refractivity contribution >= 4 is 11.8 Å². The molecule has 0 unspecified atom stereocenters. The van der Waals surface area contributed by atoms with Gasteiger partial charge in [0.2, 0.25) is 0 Å². The number of hydrogen-bond acceptors (Lipinski definition) is 4. The van der Waals surface area contributed by atoms with Crippen molar-refractivity contribution in [1.29, 1.82) is 0 Å². The molecule has 18 heavy (non-hydrogen) atoms. The molecule has 0 aliphatic rings. The molecule has 0 bridgehead atoms. The summed E-state index contributed by atoms with van der Waals surface area (Å²) in [6.45, 7) is 5.12. The lowest BCUT2D eigenvalue weighted by Gasteiger charge is -2.20. The highest BCUT2D eigenvalue weighted by Gasteiger charge is 2.18. The molecule has 1 aromatic rings. The highest BCUT2D eigenvalue weighted by Crippen LogP contribution is 2.26. The molecule has 0 heterocycles. The van der Waals surface area contributed by atoms with Crippen LogP contribution in [-0.2, 0) is 11.3 Å². The third-order valence-electron chi connectivity index (χ3n) is 2.15. The van der Waals surface area contributed by atoms with Gasteiger partial charge in [-0.15, -0.1) is 0 Å². The van der Waals surface area contributed by atoms with E-state index in [0.717, 1.165) is 0 Å². The number of aliphatic hydroxyl groups is 1.